The molecule has 3 aromatic rings. The number of oxime groups is 1. The zero-order valence-electron chi connectivity index (χ0n) is 21.5. The molecule has 0 aliphatic carbocycles. The van der Waals surface area contributed by atoms with Gasteiger partial charge < -0.3 is 26.1 Å². The molecule has 5 heterocycles. The molecule has 0 spiro atoms. The lowest BCUT2D eigenvalue weighted by molar-refractivity contribution is -0.662. The minimum Gasteiger partial charge on any atom is -0.478 e. The van der Waals surface area contributed by atoms with Crippen LogP contribution in [0.3, 0.4) is 0 Å². The van der Waals surface area contributed by atoms with Gasteiger partial charge in [-0.1, -0.05) is 16.8 Å². The van der Waals surface area contributed by atoms with Crippen LogP contribution in [0.25, 0.3) is 5.65 Å². The van der Waals surface area contributed by atoms with Crippen molar-refractivity contribution in [1.82, 2.24) is 19.6 Å². The number of nitrogens with one attached hydrogen (secondary N) is 1. The number of nitrogens with two attached hydrogens (primary N) is 1. The Balaban J connectivity index is 1.37. The van der Waals surface area contributed by atoms with E-state index in [-0.39, 0.29) is 28.8 Å². The number of aliphatic carboxylic acids is 2. The highest BCUT2D eigenvalue weighted by Crippen LogP contribution is 2.40. The van der Waals surface area contributed by atoms with Crippen molar-refractivity contribution in [2.45, 2.75) is 37.4 Å². The number of carbonyl (C=O) groups excluding carboxylic acids is 2. The van der Waals surface area contributed by atoms with E-state index in [1.807, 2.05) is 4.57 Å². The van der Waals surface area contributed by atoms with E-state index < -0.39 is 40.8 Å². The zero-order chi connectivity index (χ0) is 29.6. The molecule has 214 valence electrons. The van der Waals surface area contributed by atoms with Gasteiger partial charge in [-0.15, -0.1) is 23.1 Å². The number of hydrogen-bond donors (Lipinski definition) is 4. The van der Waals surface area contributed by atoms with Gasteiger partial charge in [0, 0.05) is 22.8 Å². The number of amides is 2. The van der Waals surface area contributed by atoms with E-state index in [1.54, 1.807) is 35.1 Å². The lowest BCUT2D eigenvalue weighted by Gasteiger charge is -2.49. The summed E-state index contributed by atoms with van der Waals surface area (Å²) >= 11 is 8.39. The summed E-state index contributed by atoms with van der Waals surface area (Å²) < 4.78 is 3.65. The van der Waals surface area contributed by atoms with Crippen LogP contribution in [0.2, 0.25) is 5.02 Å². The van der Waals surface area contributed by atoms with Crippen LogP contribution < -0.4 is 15.6 Å². The number of β-lactam (4-membered cyclic amide) rings is 1. The number of anilines is 1. The Hall–Kier alpha value is -4.15. The standard InChI is InChI=1S/C24H22ClN7O7S2/c1-24(2,22(37)38)39-29-15(13-10-41-23(26)27-13)18(33)28-16-19(34)32-17(21(35)36)11(9-40-20(16)32)7-30-5-6-31-8-12(25)3-4-14(30)31/h3-6,8,10,16,20H,7,9H2,1-2H3,(H4-,26,27,28,33,35,36,37,38)/p+1/b29-15+/t16-,20-/m1/s1. The lowest BCUT2D eigenvalue weighted by atomic mass is 10.0. The molecule has 5 N–H and O–H groups in total. The average Bonchev–Trinajstić information content (AvgIpc) is 3.52. The molecule has 1 saturated heterocycles. The van der Waals surface area contributed by atoms with Crippen LogP contribution in [-0.4, -0.2) is 76.7 Å². The summed E-state index contributed by atoms with van der Waals surface area (Å²) in [6, 6.07) is 2.46. The van der Waals surface area contributed by atoms with E-state index >= 15 is 0 Å². The number of pyridine rings is 1. The summed E-state index contributed by atoms with van der Waals surface area (Å²) in [4.78, 5) is 60.5. The monoisotopic (exact) mass is 620 g/mol. The van der Waals surface area contributed by atoms with Crippen LogP contribution in [0.5, 0.6) is 0 Å². The van der Waals surface area contributed by atoms with E-state index in [9.17, 15) is 29.4 Å². The summed E-state index contributed by atoms with van der Waals surface area (Å²) in [5.41, 5.74) is 4.73. The number of rotatable bonds is 9. The van der Waals surface area contributed by atoms with Crippen molar-refractivity contribution in [3.8, 4) is 0 Å². The van der Waals surface area contributed by atoms with Gasteiger partial charge in [0.15, 0.2) is 10.8 Å². The Labute approximate surface area is 245 Å². The third-order valence-electron chi connectivity index (χ3n) is 6.38. The molecule has 2 aliphatic rings. The van der Waals surface area contributed by atoms with Crippen LogP contribution in [-0.2, 0) is 30.6 Å². The Kier molecular flexibility index (Phi) is 7.39. The molecule has 2 amide bonds. The first-order valence-electron chi connectivity index (χ1n) is 11.9. The highest BCUT2D eigenvalue weighted by Gasteiger charge is 2.54. The third-order valence-corrected chi connectivity index (χ3v) is 8.61. The number of nitrogens with zero attached hydrogens (tertiary/aromatic N) is 5. The molecule has 3 aromatic heterocycles. The van der Waals surface area contributed by atoms with Crippen molar-refractivity contribution in [3.63, 3.8) is 0 Å². The summed E-state index contributed by atoms with van der Waals surface area (Å²) in [6.07, 6.45) is 5.30. The number of fused-ring (bicyclic) bond motifs is 2. The van der Waals surface area contributed by atoms with Crippen molar-refractivity contribution in [2.24, 2.45) is 5.16 Å². The number of imidazole rings is 1. The summed E-state index contributed by atoms with van der Waals surface area (Å²) in [7, 11) is 0. The molecule has 5 rings (SSSR count). The first-order chi connectivity index (χ1) is 19.4. The Morgan fingerprint density at radius 1 is 1.34 bits per heavy atom. The van der Waals surface area contributed by atoms with Crippen LogP contribution in [0.1, 0.15) is 19.5 Å². The second-order valence-electron chi connectivity index (χ2n) is 9.57. The molecular weight excluding hydrogens is 598 g/mol. The second kappa shape index (κ2) is 10.7. The maximum absolute atomic E-state index is 13.2. The van der Waals surface area contributed by atoms with Gasteiger partial charge in [-0.25, -0.2) is 23.5 Å². The van der Waals surface area contributed by atoms with Gasteiger partial charge in [-0.05, 0) is 19.9 Å². The largest absolute Gasteiger partial charge is 0.478 e. The fourth-order valence-corrected chi connectivity index (χ4v) is 6.28. The average molecular weight is 621 g/mol. The fraction of sp³-hybridized carbons (Fsp3) is 0.292. The molecular formula is C24H23ClN7O7S2+. The van der Waals surface area contributed by atoms with Gasteiger partial charge in [-0.2, -0.15) is 0 Å². The first-order valence-corrected chi connectivity index (χ1v) is 14.3. The van der Waals surface area contributed by atoms with E-state index in [1.165, 1.54) is 31.0 Å². The highest BCUT2D eigenvalue weighted by atomic mass is 35.5. The van der Waals surface area contributed by atoms with Crippen LogP contribution in [0.15, 0.2) is 52.5 Å². The van der Waals surface area contributed by atoms with Gasteiger partial charge in [0.2, 0.25) is 5.60 Å². The minimum absolute atomic E-state index is 0.0256. The molecule has 2 atom stereocenters. The number of aromatic nitrogens is 3. The van der Waals surface area contributed by atoms with E-state index in [4.69, 9.17) is 22.2 Å². The summed E-state index contributed by atoms with van der Waals surface area (Å²) in [5.74, 6) is -3.77. The van der Waals surface area contributed by atoms with Crippen LogP contribution in [0.4, 0.5) is 5.13 Å². The van der Waals surface area contributed by atoms with Gasteiger partial charge >= 0.3 is 11.9 Å². The number of hydrogen-bond acceptors (Lipinski definition) is 10. The van der Waals surface area contributed by atoms with Gasteiger partial charge in [0.1, 0.15) is 47.9 Å². The Morgan fingerprint density at radius 3 is 2.76 bits per heavy atom. The summed E-state index contributed by atoms with van der Waals surface area (Å²) in [5, 5.41) is 27.1. The van der Waals surface area contributed by atoms with Crippen LogP contribution in [0, 0.1) is 0 Å². The lowest BCUT2D eigenvalue weighted by Crippen LogP contribution is -2.71. The van der Waals surface area contributed by atoms with E-state index in [0.717, 1.165) is 21.9 Å². The van der Waals surface area contributed by atoms with Crippen molar-refractivity contribution >= 4 is 74.9 Å². The van der Waals surface area contributed by atoms with Gasteiger partial charge in [-0.3, -0.25) is 14.5 Å². The quantitative estimate of drug-likeness (QED) is 0.116. The normalized spacial score (nSPS) is 19.1. The SMILES string of the molecule is CC(C)(O/N=C(/C(=O)N[C@@H]1C(=O)N2C(C(=O)O)=C(C[n+]3ccn4cc(Cl)ccc43)CS[C@H]12)c1csc(N)n1)C(=O)O. The number of carbonyl (C=O) groups is 4. The molecule has 1 fully saturated rings. The molecule has 0 radical (unpaired) electrons. The Bertz CT molecular complexity index is 1660. The van der Waals surface area contributed by atoms with Crippen molar-refractivity contribution < 1.29 is 38.8 Å². The number of carboxylic acid groups (broad SMARTS) is 2. The molecule has 0 saturated carbocycles. The van der Waals surface area contributed by atoms with Gasteiger partial charge in [0.25, 0.3) is 17.5 Å². The number of nitrogen functional groups attached to an aromatic ring is 1. The minimum atomic E-state index is -1.76. The molecule has 14 nitrogen and oxygen atoms in total. The van der Waals surface area contributed by atoms with Crippen molar-refractivity contribution in [2.75, 3.05) is 11.5 Å². The molecule has 0 unspecified atom stereocenters. The number of halogens is 1. The highest BCUT2D eigenvalue weighted by molar-refractivity contribution is 8.00. The van der Waals surface area contributed by atoms with Gasteiger partial charge in [0.05, 0.1) is 5.02 Å². The van der Waals surface area contributed by atoms with E-state index in [2.05, 4.69) is 15.5 Å². The van der Waals surface area contributed by atoms with E-state index in [0.29, 0.717) is 16.3 Å². The predicted molar refractivity (Wildman–Crippen MR) is 148 cm³/mol. The number of thiazole rings is 1. The molecule has 41 heavy (non-hydrogen) atoms. The fourth-order valence-electron chi connectivity index (χ4n) is 4.23. The Morgan fingerprint density at radius 2 is 2.10 bits per heavy atom. The number of thioether (sulfide) groups is 1. The maximum atomic E-state index is 13.2. The second-order valence-corrected chi connectivity index (χ2v) is 12.0. The topological polar surface area (TPSA) is 193 Å². The van der Waals surface area contributed by atoms with Crippen molar-refractivity contribution in [1.29, 1.82) is 0 Å². The molecule has 17 heteroatoms. The summed E-state index contributed by atoms with van der Waals surface area (Å²) in [6.45, 7) is 2.72. The molecule has 0 aromatic carbocycles. The van der Waals surface area contributed by atoms with Crippen molar-refractivity contribution in [3.05, 3.63) is 58.1 Å². The third kappa shape index (κ3) is 5.32. The number of carboxylic acids is 2. The smallest absolute Gasteiger partial charge is 0.352 e. The molecule has 2 aliphatic heterocycles. The maximum Gasteiger partial charge on any atom is 0.352 e. The first kappa shape index (κ1) is 28.4. The zero-order valence-corrected chi connectivity index (χ0v) is 23.9. The van der Waals surface area contributed by atoms with Crippen LogP contribution >= 0.6 is 34.7 Å². The molecule has 0 bridgehead atoms. The predicted octanol–water partition coefficient (Wildman–Crippen LogP) is 0.942.